The maximum atomic E-state index is 12.6. The molecule has 0 bridgehead atoms. The second kappa shape index (κ2) is 7.63. The smallest absolute Gasteiger partial charge is 0.273 e. The van der Waals surface area contributed by atoms with Gasteiger partial charge in [-0.1, -0.05) is 6.07 Å². The number of carbonyl (C=O) groups excluding carboxylic acids is 3. The molecule has 0 aliphatic heterocycles. The van der Waals surface area contributed by atoms with E-state index in [9.17, 15) is 14.4 Å². The Morgan fingerprint density at radius 3 is 2.70 bits per heavy atom. The Morgan fingerprint density at radius 2 is 1.90 bits per heavy atom. The predicted octanol–water partition coefficient (Wildman–Crippen LogP) is 1.97. The lowest BCUT2D eigenvalue weighted by atomic mass is 10.1. The van der Waals surface area contributed by atoms with E-state index in [0.717, 1.165) is 10.9 Å². The minimum atomic E-state index is -0.819. The summed E-state index contributed by atoms with van der Waals surface area (Å²) >= 11 is 0. The van der Waals surface area contributed by atoms with Crippen molar-refractivity contribution in [2.75, 3.05) is 5.32 Å². The van der Waals surface area contributed by atoms with Crippen molar-refractivity contribution in [3.8, 4) is 0 Å². The van der Waals surface area contributed by atoms with Crippen molar-refractivity contribution in [1.29, 1.82) is 0 Å². The maximum absolute atomic E-state index is 12.6. The van der Waals surface area contributed by atoms with E-state index >= 15 is 0 Å². The average Bonchev–Trinajstić information content (AvgIpc) is 3.16. The largest absolute Gasteiger partial charge is 0.368 e. The second-order valence-corrected chi connectivity index (χ2v) is 6.80. The minimum Gasteiger partial charge on any atom is -0.368 e. The molecule has 0 radical (unpaired) electrons. The van der Waals surface area contributed by atoms with Crippen LogP contribution in [0.25, 0.3) is 21.8 Å². The SMILES string of the molecule is C[C@H](NC(=O)c1n[nH]c2cc(NC(=O)c3ccc4ncccc4c3)ccc12)C(N)=O. The fraction of sp³-hybridized carbons (Fsp3) is 0.0952. The highest BCUT2D eigenvalue weighted by molar-refractivity contribution is 6.09. The molecule has 0 saturated heterocycles. The van der Waals surface area contributed by atoms with Crippen LogP contribution >= 0.6 is 0 Å². The summed E-state index contributed by atoms with van der Waals surface area (Å²) in [5, 5.41) is 13.5. The van der Waals surface area contributed by atoms with Crippen LogP contribution in [0.3, 0.4) is 0 Å². The molecule has 30 heavy (non-hydrogen) atoms. The normalized spacial score (nSPS) is 11.9. The highest BCUT2D eigenvalue weighted by Crippen LogP contribution is 2.21. The predicted molar refractivity (Wildman–Crippen MR) is 112 cm³/mol. The third kappa shape index (κ3) is 3.68. The van der Waals surface area contributed by atoms with Crippen molar-refractivity contribution < 1.29 is 14.4 Å². The van der Waals surface area contributed by atoms with E-state index in [0.29, 0.717) is 22.2 Å². The molecule has 1 atom stereocenters. The number of anilines is 1. The zero-order valence-corrected chi connectivity index (χ0v) is 16.0. The van der Waals surface area contributed by atoms with Gasteiger partial charge in [0.1, 0.15) is 6.04 Å². The third-order valence-electron chi connectivity index (χ3n) is 4.68. The Morgan fingerprint density at radius 1 is 1.07 bits per heavy atom. The Labute approximate surface area is 170 Å². The number of hydrogen-bond donors (Lipinski definition) is 4. The van der Waals surface area contributed by atoms with Gasteiger partial charge in [-0.05, 0) is 49.4 Å². The Kier molecular flexibility index (Phi) is 4.85. The molecule has 4 rings (SSSR count). The van der Waals surface area contributed by atoms with Gasteiger partial charge in [0.05, 0.1) is 11.0 Å². The first-order valence-corrected chi connectivity index (χ1v) is 9.17. The van der Waals surface area contributed by atoms with E-state index in [1.54, 1.807) is 42.6 Å². The molecule has 4 aromatic rings. The third-order valence-corrected chi connectivity index (χ3v) is 4.68. The van der Waals surface area contributed by atoms with Crippen LogP contribution in [-0.2, 0) is 4.79 Å². The molecular formula is C21H18N6O3. The molecule has 2 heterocycles. The lowest BCUT2D eigenvalue weighted by Crippen LogP contribution is -2.42. The van der Waals surface area contributed by atoms with Crippen molar-refractivity contribution in [1.82, 2.24) is 20.5 Å². The minimum absolute atomic E-state index is 0.137. The van der Waals surface area contributed by atoms with Gasteiger partial charge in [0, 0.05) is 28.2 Å². The summed E-state index contributed by atoms with van der Waals surface area (Å²) in [6.45, 7) is 1.49. The first-order chi connectivity index (χ1) is 14.4. The van der Waals surface area contributed by atoms with Crippen LogP contribution in [-0.4, -0.2) is 38.9 Å². The number of fused-ring (bicyclic) bond motifs is 2. The van der Waals surface area contributed by atoms with E-state index in [1.807, 2.05) is 12.1 Å². The number of benzene rings is 2. The topological polar surface area (TPSA) is 143 Å². The van der Waals surface area contributed by atoms with Gasteiger partial charge in [-0.15, -0.1) is 0 Å². The molecule has 0 unspecified atom stereocenters. The second-order valence-electron chi connectivity index (χ2n) is 6.80. The molecule has 9 heteroatoms. The summed E-state index contributed by atoms with van der Waals surface area (Å²) in [6.07, 6.45) is 1.70. The number of carbonyl (C=O) groups is 3. The average molecular weight is 402 g/mol. The van der Waals surface area contributed by atoms with E-state index in [2.05, 4.69) is 25.8 Å². The maximum Gasteiger partial charge on any atom is 0.273 e. The molecular weight excluding hydrogens is 384 g/mol. The fourth-order valence-corrected chi connectivity index (χ4v) is 3.03. The van der Waals surface area contributed by atoms with Crippen molar-refractivity contribution in [3.63, 3.8) is 0 Å². The zero-order chi connectivity index (χ0) is 21.3. The number of aromatic amines is 1. The Hall–Kier alpha value is -4.27. The fourth-order valence-electron chi connectivity index (χ4n) is 3.03. The summed E-state index contributed by atoms with van der Waals surface area (Å²) in [4.78, 5) is 40.3. The summed E-state index contributed by atoms with van der Waals surface area (Å²) in [6, 6.07) is 13.2. The van der Waals surface area contributed by atoms with Crippen LogP contribution < -0.4 is 16.4 Å². The number of hydrogen-bond acceptors (Lipinski definition) is 5. The Bertz CT molecular complexity index is 1300. The number of nitrogens with zero attached hydrogens (tertiary/aromatic N) is 2. The molecule has 9 nitrogen and oxygen atoms in total. The quantitative estimate of drug-likeness (QED) is 0.404. The highest BCUT2D eigenvalue weighted by atomic mass is 16.2. The molecule has 0 spiro atoms. The first kappa shape index (κ1) is 19.1. The summed E-state index contributed by atoms with van der Waals surface area (Å²) < 4.78 is 0. The lowest BCUT2D eigenvalue weighted by Gasteiger charge is -2.09. The molecule has 3 amide bonds. The van der Waals surface area contributed by atoms with Gasteiger partial charge in [0.15, 0.2) is 5.69 Å². The standard InChI is InChI=1S/C21H18N6O3/c1-11(19(22)28)24-21(30)18-15-6-5-14(10-17(15)26-27-18)25-20(29)13-4-7-16-12(9-13)3-2-8-23-16/h2-11H,1H3,(H2,22,28)(H,24,30)(H,25,29)(H,26,27)/t11-/m0/s1. The number of rotatable bonds is 5. The van der Waals surface area contributed by atoms with E-state index in [-0.39, 0.29) is 11.6 Å². The monoisotopic (exact) mass is 402 g/mol. The summed E-state index contributed by atoms with van der Waals surface area (Å²) in [7, 11) is 0. The molecule has 2 aromatic heterocycles. The zero-order valence-electron chi connectivity index (χ0n) is 16.0. The summed E-state index contributed by atoms with van der Waals surface area (Å²) in [5.41, 5.74) is 7.72. The van der Waals surface area contributed by atoms with Crippen LogP contribution in [0.1, 0.15) is 27.8 Å². The van der Waals surface area contributed by atoms with Gasteiger partial charge in [0.2, 0.25) is 5.91 Å². The highest BCUT2D eigenvalue weighted by Gasteiger charge is 2.19. The Balaban J connectivity index is 1.54. The molecule has 2 aromatic carbocycles. The van der Waals surface area contributed by atoms with Crippen LogP contribution in [0, 0.1) is 0 Å². The number of aromatic nitrogens is 3. The number of primary amides is 1. The van der Waals surface area contributed by atoms with Gasteiger partial charge in [-0.3, -0.25) is 24.5 Å². The number of amides is 3. The molecule has 0 saturated carbocycles. The van der Waals surface area contributed by atoms with Gasteiger partial charge in [-0.25, -0.2) is 0 Å². The van der Waals surface area contributed by atoms with Gasteiger partial charge in [0.25, 0.3) is 11.8 Å². The van der Waals surface area contributed by atoms with Crippen LogP contribution in [0.15, 0.2) is 54.7 Å². The van der Waals surface area contributed by atoms with Gasteiger partial charge >= 0.3 is 0 Å². The van der Waals surface area contributed by atoms with Crippen LogP contribution in [0.5, 0.6) is 0 Å². The lowest BCUT2D eigenvalue weighted by molar-refractivity contribution is -0.119. The molecule has 150 valence electrons. The molecule has 0 aliphatic rings. The van der Waals surface area contributed by atoms with E-state index in [4.69, 9.17) is 5.73 Å². The number of nitrogens with two attached hydrogens (primary N) is 1. The first-order valence-electron chi connectivity index (χ1n) is 9.17. The van der Waals surface area contributed by atoms with E-state index < -0.39 is 17.9 Å². The number of nitrogens with one attached hydrogen (secondary N) is 3. The molecule has 0 aliphatic carbocycles. The van der Waals surface area contributed by atoms with Gasteiger partial charge in [-0.2, -0.15) is 5.10 Å². The van der Waals surface area contributed by atoms with Crippen molar-refractivity contribution in [2.45, 2.75) is 13.0 Å². The van der Waals surface area contributed by atoms with Gasteiger partial charge < -0.3 is 16.4 Å². The van der Waals surface area contributed by atoms with Crippen LogP contribution in [0.4, 0.5) is 5.69 Å². The van der Waals surface area contributed by atoms with Crippen molar-refractivity contribution in [3.05, 3.63) is 66.0 Å². The van der Waals surface area contributed by atoms with Crippen molar-refractivity contribution >= 4 is 45.2 Å². The van der Waals surface area contributed by atoms with E-state index in [1.165, 1.54) is 6.92 Å². The molecule has 5 N–H and O–H groups in total. The summed E-state index contributed by atoms with van der Waals surface area (Å²) in [5.74, 6) is -1.43. The van der Waals surface area contributed by atoms with Crippen molar-refractivity contribution in [2.24, 2.45) is 5.73 Å². The van der Waals surface area contributed by atoms with Crippen LogP contribution in [0.2, 0.25) is 0 Å². The number of pyridine rings is 1. The number of H-pyrrole nitrogens is 1. The molecule has 0 fully saturated rings.